The second-order valence-corrected chi connectivity index (χ2v) is 5.75. The Hall–Kier alpha value is -2.63. The predicted octanol–water partition coefficient (Wildman–Crippen LogP) is 3.84. The van der Waals surface area contributed by atoms with Gasteiger partial charge in [-0.25, -0.2) is 4.98 Å². The lowest BCUT2D eigenvalue weighted by Crippen LogP contribution is -2.25. The van der Waals surface area contributed by atoms with E-state index in [1.165, 1.54) is 12.6 Å². The summed E-state index contributed by atoms with van der Waals surface area (Å²) in [6.07, 6.45) is 5.08. The van der Waals surface area contributed by atoms with Gasteiger partial charge >= 0.3 is 0 Å². The molecule has 1 fully saturated rings. The Morgan fingerprint density at radius 1 is 1.39 bits per heavy atom. The molecule has 0 spiro atoms. The molecule has 1 aliphatic carbocycles. The van der Waals surface area contributed by atoms with Crippen LogP contribution in [0.4, 0.5) is 11.5 Å². The molecule has 2 aromatic rings. The van der Waals surface area contributed by atoms with Gasteiger partial charge in [0.15, 0.2) is 0 Å². The van der Waals surface area contributed by atoms with Crippen molar-refractivity contribution in [2.75, 3.05) is 5.32 Å². The van der Waals surface area contributed by atoms with Gasteiger partial charge in [0.2, 0.25) is 0 Å². The number of pyridine rings is 1. The molecule has 0 amide bonds. The Balaban J connectivity index is 1.68. The first-order valence-electron chi connectivity index (χ1n) is 7.73. The lowest BCUT2D eigenvalue weighted by molar-refractivity contribution is -0.385. The minimum absolute atomic E-state index is 0.0317. The van der Waals surface area contributed by atoms with Crippen molar-refractivity contribution in [2.45, 2.75) is 38.8 Å². The molecule has 1 N–H and O–H groups in total. The molecule has 23 heavy (non-hydrogen) atoms. The van der Waals surface area contributed by atoms with Crippen LogP contribution in [0.25, 0.3) is 0 Å². The van der Waals surface area contributed by atoms with Gasteiger partial charge in [-0.1, -0.05) is 18.2 Å². The van der Waals surface area contributed by atoms with Crippen molar-refractivity contribution in [2.24, 2.45) is 0 Å². The molecule has 0 unspecified atom stereocenters. The third-order valence-corrected chi connectivity index (χ3v) is 4.06. The highest BCUT2D eigenvalue weighted by molar-refractivity contribution is 5.47. The minimum Gasteiger partial charge on any atom is -0.490 e. The van der Waals surface area contributed by atoms with Crippen molar-refractivity contribution in [3.63, 3.8) is 0 Å². The molecular weight excluding hydrogens is 294 g/mol. The van der Waals surface area contributed by atoms with E-state index in [0.717, 1.165) is 24.2 Å². The highest BCUT2D eigenvalue weighted by atomic mass is 16.6. The molecule has 1 aliphatic rings. The van der Waals surface area contributed by atoms with E-state index in [-0.39, 0.29) is 5.69 Å². The summed E-state index contributed by atoms with van der Waals surface area (Å²) < 4.78 is 5.99. The first-order valence-corrected chi connectivity index (χ1v) is 7.73. The highest BCUT2D eigenvalue weighted by Crippen LogP contribution is 2.28. The molecule has 0 bridgehead atoms. The first kappa shape index (κ1) is 15.3. The third kappa shape index (κ3) is 3.59. The summed E-state index contributed by atoms with van der Waals surface area (Å²) in [4.78, 5) is 14.5. The van der Waals surface area contributed by atoms with E-state index in [2.05, 4.69) is 10.3 Å². The van der Waals surface area contributed by atoms with Crippen molar-refractivity contribution in [1.29, 1.82) is 0 Å². The summed E-state index contributed by atoms with van der Waals surface area (Å²) >= 11 is 0. The molecule has 3 rings (SSSR count). The van der Waals surface area contributed by atoms with Crippen molar-refractivity contribution in [3.8, 4) is 5.75 Å². The summed E-state index contributed by atoms with van der Waals surface area (Å²) in [5.74, 6) is 1.51. The fourth-order valence-electron chi connectivity index (χ4n) is 2.46. The van der Waals surface area contributed by atoms with E-state index < -0.39 is 4.92 Å². The molecule has 0 aliphatic heterocycles. The second kappa shape index (κ2) is 6.64. The van der Waals surface area contributed by atoms with Crippen LogP contribution in [0, 0.1) is 17.0 Å². The molecule has 1 aromatic heterocycles. The molecule has 0 radical (unpaired) electrons. The normalized spacial score (nSPS) is 14.1. The monoisotopic (exact) mass is 313 g/mol. The Labute approximate surface area is 134 Å². The summed E-state index contributed by atoms with van der Waals surface area (Å²) in [5.41, 5.74) is 1.67. The maximum Gasteiger partial charge on any atom is 0.290 e. The number of nitrogens with one attached hydrogen (secondary N) is 1. The lowest BCUT2D eigenvalue weighted by atomic mass is 9.96. The largest absolute Gasteiger partial charge is 0.490 e. The molecule has 120 valence electrons. The van der Waals surface area contributed by atoms with Crippen LogP contribution in [-0.2, 0) is 6.54 Å². The van der Waals surface area contributed by atoms with Crippen molar-refractivity contribution in [3.05, 3.63) is 57.8 Å². The van der Waals surface area contributed by atoms with Crippen LogP contribution in [0.1, 0.15) is 30.4 Å². The molecule has 1 saturated carbocycles. The zero-order valence-corrected chi connectivity index (χ0v) is 13.0. The number of benzene rings is 1. The number of hydrogen-bond donors (Lipinski definition) is 1. The van der Waals surface area contributed by atoms with Crippen LogP contribution in [0.2, 0.25) is 0 Å². The quantitative estimate of drug-likeness (QED) is 0.647. The van der Waals surface area contributed by atoms with Crippen LogP contribution in [0.3, 0.4) is 0 Å². The summed E-state index contributed by atoms with van der Waals surface area (Å²) in [6, 6.07) is 9.61. The van der Waals surface area contributed by atoms with Gasteiger partial charge in [0.1, 0.15) is 17.8 Å². The zero-order valence-electron chi connectivity index (χ0n) is 13.0. The Morgan fingerprint density at radius 3 is 2.83 bits per heavy atom. The van der Waals surface area contributed by atoms with Crippen LogP contribution >= 0.6 is 0 Å². The van der Waals surface area contributed by atoms with Crippen LogP contribution in [-0.4, -0.2) is 16.0 Å². The number of aryl methyl sites for hydroxylation is 1. The highest BCUT2D eigenvalue weighted by Gasteiger charge is 2.20. The zero-order chi connectivity index (χ0) is 16.2. The van der Waals surface area contributed by atoms with Gasteiger partial charge < -0.3 is 10.1 Å². The number of aromatic nitrogens is 1. The van der Waals surface area contributed by atoms with E-state index in [0.29, 0.717) is 24.0 Å². The molecule has 1 aromatic carbocycles. The lowest BCUT2D eigenvalue weighted by Gasteiger charge is -2.27. The smallest absolute Gasteiger partial charge is 0.290 e. The van der Waals surface area contributed by atoms with Gasteiger partial charge in [-0.2, -0.15) is 0 Å². The molecule has 6 nitrogen and oxygen atoms in total. The summed E-state index contributed by atoms with van der Waals surface area (Å²) in [6.45, 7) is 2.27. The van der Waals surface area contributed by atoms with Crippen LogP contribution in [0.5, 0.6) is 5.75 Å². The average Bonchev–Trinajstić information content (AvgIpc) is 2.49. The number of hydrogen-bond acceptors (Lipinski definition) is 5. The summed E-state index contributed by atoms with van der Waals surface area (Å²) in [5, 5.41) is 14.0. The standard InChI is InChI=1S/C17H19N3O3/c1-12-9-17(19-11-15(12)20(21)22)18-10-13-5-2-3-8-16(13)23-14-6-4-7-14/h2-3,5,8-9,11,14H,4,6-7,10H2,1H3,(H,18,19). The van der Waals surface area contributed by atoms with Crippen molar-refractivity contribution in [1.82, 2.24) is 4.98 Å². The second-order valence-electron chi connectivity index (χ2n) is 5.75. The van der Waals surface area contributed by atoms with Crippen LogP contribution in [0.15, 0.2) is 36.5 Å². The van der Waals surface area contributed by atoms with Crippen molar-refractivity contribution >= 4 is 11.5 Å². The average molecular weight is 313 g/mol. The number of nitro groups is 1. The fourth-order valence-corrected chi connectivity index (χ4v) is 2.46. The summed E-state index contributed by atoms with van der Waals surface area (Å²) in [7, 11) is 0. The van der Waals surface area contributed by atoms with E-state index in [1.807, 2.05) is 24.3 Å². The fraction of sp³-hybridized carbons (Fsp3) is 0.353. The SMILES string of the molecule is Cc1cc(NCc2ccccc2OC2CCC2)ncc1[N+](=O)[O-]. The molecule has 0 atom stereocenters. The van der Waals surface area contributed by atoms with Gasteiger partial charge in [-0.3, -0.25) is 10.1 Å². The maximum absolute atomic E-state index is 10.8. The minimum atomic E-state index is -0.423. The molecule has 1 heterocycles. The van der Waals surface area contributed by atoms with Crippen LogP contribution < -0.4 is 10.1 Å². The molecule has 0 saturated heterocycles. The van der Waals surface area contributed by atoms with E-state index in [1.54, 1.807) is 13.0 Å². The number of ether oxygens (including phenoxy) is 1. The Kier molecular flexibility index (Phi) is 4.41. The number of nitrogens with zero attached hydrogens (tertiary/aromatic N) is 2. The third-order valence-electron chi connectivity index (χ3n) is 4.06. The van der Waals surface area contributed by atoms with E-state index in [9.17, 15) is 10.1 Å². The Morgan fingerprint density at radius 2 is 2.17 bits per heavy atom. The first-order chi connectivity index (χ1) is 11.1. The van der Waals surface area contributed by atoms with Gasteiger partial charge in [0.05, 0.1) is 11.0 Å². The van der Waals surface area contributed by atoms with Gasteiger partial charge in [0, 0.05) is 17.7 Å². The molecule has 6 heteroatoms. The van der Waals surface area contributed by atoms with E-state index >= 15 is 0 Å². The van der Waals surface area contributed by atoms with Gasteiger partial charge in [-0.15, -0.1) is 0 Å². The number of para-hydroxylation sites is 1. The number of rotatable bonds is 6. The van der Waals surface area contributed by atoms with Gasteiger partial charge in [0.25, 0.3) is 5.69 Å². The topological polar surface area (TPSA) is 77.3 Å². The van der Waals surface area contributed by atoms with Crippen molar-refractivity contribution < 1.29 is 9.66 Å². The Bertz CT molecular complexity index is 714. The van der Waals surface area contributed by atoms with E-state index in [4.69, 9.17) is 4.74 Å². The predicted molar refractivity (Wildman–Crippen MR) is 87.7 cm³/mol. The molecular formula is C17H19N3O3. The number of anilines is 1. The van der Waals surface area contributed by atoms with Gasteiger partial charge in [-0.05, 0) is 38.3 Å². The maximum atomic E-state index is 10.8.